The first-order chi connectivity index (χ1) is 8.63. The molecule has 1 heterocycles. The Labute approximate surface area is 110 Å². The third kappa shape index (κ3) is 3.02. The van der Waals surface area contributed by atoms with E-state index in [1.807, 2.05) is 0 Å². The first-order valence-electron chi connectivity index (χ1n) is 5.73. The number of nitrogens with zero attached hydrogens (tertiary/aromatic N) is 3. The fraction of sp³-hybridized carbons (Fsp3) is 0.600. The normalized spacial score (nSPS) is 24.4. The van der Waals surface area contributed by atoms with E-state index in [9.17, 15) is 8.42 Å². The SMILES string of the molecule is [N-]=[N+]=N[C@H]1CCCC[C@@H]1NS(=O)(=O)c1cccs1. The molecule has 2 rings (SSSR count). The summed E-state index contributed by atoms with van der Waals surface area (Å²) < 4.78 is 27.1. The summed E-state index contributed by atoms with van der Waals surface area (Å²) in [6, 6.07) is 2.70. The van der Waals surface area contributed by atoms with E-state index >= 15 is 0 Å². The zero-order valence-corrected chi connectivity index (χ0v) is 11.3. The van der Waals surface area contributed by atoms with E-state index < -0.39 is 10.0 Å². The second kappa shape index (κ2) is 5.71. The van der Waals surface area contributed by atoms with Gasteiger partial charge in [0.05, 0.1) is 6.04 Å². The van der Waals surface area contributed by atoms with Crippen LogP contribution in [0.3, 0.4) is 0 Å². The molecule has 1 fully saturated rings. The average molecular weight is 286 g/mol. The molecular formula is C10H14N4O2S2. The second-order valence-electron chi connectivity index (χ2n) is 4.22. The fourth-order valence-electron chi connectivity index (χ4n) is 2.13. The molecule has 0 amide bonds. The largest absolute Gasteiger partial charge is 0.250 e. The minimum Gasteiger partial charge on any atom is -0.207 e. The van der Waals surface area contributed by atoms with Gasteiger partial charge in [-0.25, -0.2) is 13.1 Å². The highest BCUT2D eigenvalue weighted by molar-refractivity contribution is 7.91. The van der Waals surface area contributed by atoms with E-state index in [4.69, 9.17) is 5.53 Å². The van der Waals surface area contributed by atoms with Crippen molar-refractivity contribution in [3.05, 3.63) is 28.0 Å². The Morgan fingerprint density at radius 1 is 1.44 bits per heavy atom. The van der Waals surface area contributed by atoms with Gasteiger partial charge in [-0.05, 0) is 29.8 Å². The van der Waals surface area contributed by atoms with Crippen LogP contribution in [0.2, 0.25) is 0 Å². The maximum absolute atomic E-state index is 12.1. The zero-order valence-electron chi connectivity index (χ0n) is 9.69. The predicted molar refractivity (Wildman–Crippen MR) is 69.8 cm³/mol. The molecule has 1 aliphatic rings. The van der Waals surface area contributed by atoms with Crippen LogP contribution in [0, 0.1) is 0 Å². The van der Waals surface area contributed by atoms with Crippen molar-refractivity contribution in [3.8, 4) is 0 Å². The zero-order chi connectivity index (χ0) is 13.0. The molecule has 1 aliphatic carbocycles. The minimum atomic E-state index is -3.48. The summed E-state index contributed by atoms with van der Waals surface area (Å²) in [5.74, 6) is 0. The fourth-order valence-corrected chi connectivity index (χ4v) is 4.44. The summed E-state index contributed by atoms with van der Waals surface area (Å²) in [6.45, 7) is 0. The van der Waals surface area contributed by atoms with E-state index in [2.05, 4.69) is 14.7 Å². The van der Waals surface area contributed by atoms with Gasteiger partial charge in [0.15, 0.2) is 0 Å². The Morgan fingerprint density at radius 2 is 2.22 bits per heavy atom. The highest BCUT2D eigenvalue weighted by atomic mass is 32.2. The van der Waals surface area contributed by atoms with Crippen molar-refractivity contribution in [3.63, 3.8) is 0 Å². The molecule has 0 aliphatic heterocycles. The van der Waals surface area contributed by atoms with Crippen LogP contribution in [-0.4, -0.2) is 20.5 Å². The number of hydrogen-bond acceptors (Lipinski definition) is 4. The Morgan fingerprint density at radius 3 is 2.89 bits per heavy atom. The first kappa shape index (κ1) is 13.4. The number of thiophene rings is 1. The highest BCUT2D eigenvalue weighted by Gasteiger charge is 2.29. The Bertz CT molecular complexity index is 534. The Balaban J connectivity index is 2.14. The molecule has 1 aromatic rings. The summed E-state index contributed by atoms with van der Waals surface area (Å²) in [4.78, 5) is 2.80. The lowest BCUT2D eigenvalue weighted by Crippen LogP contribution is -2.43. The van der Waals surface area contributed by atoms with Crippen LogP contribution in [0.25, 0.3) is 10.4 Å². The van der Waals surface area contributed by atoms with Gasteiger partial charge in [-0.1, -0.05) is 24.0 Å². The molecule has 0 spiro atoms. The molecule has 0 radical (unpaired) electrons. The van der Waals surface area contributed by atoms with Crippen molar-refractivity contribution < 1.29 is 8.42 Å². The third-order valence-corrected chi connectivity index (χ3v) is 5.88. The molecule has 0 aromatic carbocycles. The van der Waals surface area contributed by atoms with E-state index in [1.54, 1.807) is 17.5 Å². The van der Waals surface area contributed by atoms with E-state index in [0.717, 1.165) is 19.3 Å². The molecule has 0 unspecified atom stereocenters. The van der Waals surface area contributed by atoms with Gasteiger partial charge in [-0.3, -0.25) is 0 Å². The van der Waals surface area contributed by atoms with Crippen LogP contribution in [0.1, 0.15) is 25.7 Å². The van der Waals surface area contributed by atoms with Gasteiger partial charge < -0.3 is 0 Å². The molecule has 1 N–H and O–H groups in total. The average Bonchev–Trinajstić information content (AvgIpc) is 2.86. The summed E-state index contributed by atoms with van der Waals surface area (Å²) in [6.07, 6.45) is 3.38. The van der Waals surface area contributed by atoms with Crippen LogP contribution in [0.15, 0.2) is 26.8 Å². The van der Waals surface area contributed by atoms with Gasteiger partial charge in [-0.2, -0.15) is 0 Å². The van der Waals surface area contributed by atoms with Gasteiger partial charge >= 0.3 is 0 Å². The second-order valence-corrected chi connectivity index (χ2v) is 7.11. The number of azide groups is 1. The molecule has 18 heavy (non-hydrogen) atoms. The van der Waals surface area contributed by atoms with Gasteiger partial charge in [0.2, 0.25) is 10.0 Å². The molecule has 0 bridgehead atoms. The number of hydrogen-bond donors (Lipinski definition) is 1. The highest BCUT2D eigenvalue weighted by Crippen LogP contribution is 2.24. The van der Waals surface area contributed by atoms with Crippen molar-refractivity contribution in [2.45, 2.75) is 42.0 Å². The summed E-state index contributed by atoms with van der Waals surface area (Å²) in [7, 11) is -3.48. The molecule has 8 heteroatoms. The molecule has 1 aromatic heterocycles. The summed E-state index contributed by atoms with van der Waals surface area (Å²) >= 11 is 1.18. The van der Waals surface area contributed by atoms with Crippen molar-refractivity contribution in [2.24, 2.45) is 5.11 Å². The monoisotopic (exact) mass is 286 g/mol. The van der Waals surface area contributed by atoms with Gasteiger partial charge in [0.25, 0.3) is 0 Å². The number of sulfonamides is 1. The van der Waals surface area contributed by atoms with Crippen molar-refractivity contribution in [1.82, 2.24) is 4.72 Å². The molecule has 2 atom stereocenters. The van der Waals surface area contributed by atoms with Crippen molar-refractivity contribution in [2.75, 3.05) is 0 Å². The van der Waals surface area contributed by atoms with Gasteiger partial charge in [0, 0.05) is 11.0 Å². The lowest BCUT2D eigenvalue weighted by Gasteiger charge is -2.28. The third-order valence-electron chi connectivity index (χ3n) is 3.00. The first-order valence-corrected chi connectivity index (χ1v) is 8.10. The Hall–Kier alpha value is -1.08. The molecule has 1 saturated carbocycles. The standard InChI is InChI=1S/C10H14N4O2S2/c11-14-12-8-4-1-2-5-9(8)13-18(15,16)10-6-3-7-17-10/h3,6-9,13H,1-2,4-5H2/t8-,9-/m0/s1. The maximum atomic E-state index is 12.1. The summed E-state index contributed by atoms with van der Waals surface area (Å²) in [5, 5.41) is 5.41. The lowest BCUT2D eigenvalue weighted by molar-refractivity contribution is 0.361. The number of rotatable bonds is 4. The van der Waals surface area contributed by atoms with Crippen molar-refractivity contribution in [1.29, 1.82) is 0 Å². The predicted octanol–water partition coefficient (Wildman–Crippen LogP) is 2.65. The maximum Gasteiger partial charge on any atom is 0.250 e. The van der Waals surface area contributed by atoms with Gasteiger partial charge in [-0.15, -0.1) is 11.3 Å². The summed E-state index contributed by atoms with van der Waals surface area (Å²) in [5.41, 5.74) is 8.50. The molecular weight excluding hydrogens is 272 g/mol. The van der Waals surface area contributed by atoms with Crippen LogP contribution in [-0.2, 0) is 10.0 Å². The van der Waals surface area contributed by atoms with Crippen LogP contribution in [0.5, 0.6) is 0 Å². The van der Waals surface area contributed by atoms with Crippen LogP contribution >= 0.6 is 11.3 Å². The topological polar surface area (TPSA) is 94.9 Å². The van der Waals surface area contributed by atoms with Gasteiger partial charge in [0.1, 0.15) is 4.21 Å². The van der Waals surface area contributed by atoms with Crippen molar-refractivity contribution >= 4 is 21.4 Å². The smallest absolute Gasteiger partial charge is 0.207 e. The minimum absolute atomic E-state index is 0.279. The van der Waals surface area contributed by atoms with E-state index in [0.29, 0.717) is 10.6 Å². The quantitative estimate of drug-likeness (QED) is 0.523. The molecule has 98 valence electrons. The molecule has 6 nitrogen and oxygen atoms in total. The lowest BCUT2D eigenvalue weighted by atomic mass is 9.92. The Kier molecular flexibility index (Phi) is 4.23. The number of nitrogens with one attached hydrogen (secondary N) is 1. The van der Waals surface area contributed by atoms with E-state index in [1.165, 1.54) is 11.3 Å². The van der Waals surface area contributed by atoms with Crippen LogP contribution < -0.4 is 4.72 Å². The van der Waals surface area contributed by atoms with Crippen LogP contribution in [0.4, 0.5) is 0 Å². The van der Waals surface area contributed by atoms with E-state index in [-0.39, 0.29) is 12.1 Å². The molecule has 0 saturated heterocycles.